The molecule has 1 fully saturated rings. The molecule has 0 radical (unpaired) electrons. The van der Waals surface area contributed by atoms with Gasteiger partial charge in [0.1, 0.15) is 0 Å². The number of carbonyl (C=O) groups is 2. The topological polar surface area (TPSA) is 70.2 Å². The molecule has 0 aromatic rings. The summed E-state index contributed by atoms with van der Waals surface area (Å²) in [5.74, 6) is 0.0313. The first kappa shape index (κ1) is 18.2. The van der Waals surface area contributed by atoms with Gasteiger partial charge in [0.15, 0.2) is 0 Å². The lowest BCUT2D eigenvalue weighted by Gasteiger charge is -2.11. The van der Waals surface area contributed by atoms with Gasteiger partial charge in [-0.2, -0.15) is 0 Å². The molecule has 5 nitrogen and oxygen atoms in total. The molecule has 1 rings (SSSR count). The van der Waals surface area contributed by atoms with Gasteiger partial charge in [-0.25, -0.2) is 0 Å². The minimum absolute atomic E-state index is 0. The summed E-state index contributed by atoms with van der Waals surface area (Å²) in [5.41, 5.74) is 0. The zero-order chi connectivity index (χ0) is 13.4. The molecule has 0 aliphatic carbocycles. The molecule has 112 valence electrons. The normalized spacial score (nSPS) is 17.9. The van der Waals surface area contributed by atoms with E-state index in [0.29, 0.717) is 25.4 Å². The highest BCUT2D eigenvalue weighted by Gasteiger charge is 2.15. The second-order valence-corrected chi connectivity index (χ2v) is 5.15. The maximum absolute atomic E-state index is 11.5. The summed E-state index contributed by atoms with van der Waals surface area (Å²) in [6, 6.07) is 0.654. The van der Waals surface area contributed by atoms with Gasteiger partial charge >= 0.3 is 0 Å². The summed E-state index contributed by atoms with van der Waals surface area (Å²) in [4.78, 5) is 22.9. The van der Waals surface area contributed by atoms with E-state index in [1.807, 2.05) is 13.8 Å². The van der Waals surface area contributed by atoms with E-state index in [1.54, 1.807) is 0 Å². The average Bonchev–Trinajstić information content (AvgIpc) is 2.78. The van der Waals surface area contributed by atoms with E-state index in [4.69, 9.17) is 0 Å². The van der Waals surface area contributed by atoms with Crippen LogP contribution in [0.15, 0.2) is 0 Å². The van der Waals surface area contributed by atoms with E-state index < -0.39 is 0 Å². The average molecular weight is 292 g/mol. The summed E-state index contributed by atoms with van der Waals surface area (Å²) < 4.78 is 0. The molecule has 1 atom stereocenters. The van der Waals surface area contributed by atoms with Crippen LogP contribution >= 0.6 is 12.4 Å². The van der Waals surface area contributed by atoms with Crippen molar-refractivity contribution < 1.29 is 9.59 Å². The van der Waals surface area contributed by atoms with Gasteiger partial charge in [-0.3, -0.25) is 9.59 Å². The van der Waals surface area contributed by atoms with Crippen molar-refractivity contribution in [3.05, 3.63) is 0 Å². The maximum atomic E-state index is 11.5. The van der Waals surface area contributed by atoms with Gasteiger partial charge in [0, 0.05) is 31.5 Å². The highest BCUT2D eigenvalue weighted by atomic mass is 35.5. The van der Waals surface area contributed by atoms with Crippen LogP contribution in [0.25, 0.3) is 0 Å². The fourth-order valence-electron chi connectivity index (χ4n) is 2.11. The predicted molar refractivity (Wildman–Crippen MR) is 78.4 cm³/mol. The lowest BCUT2D eigenvalue weighted by atomic mass is 10.1. The first-order valence-electron chi connectivity index (χ1n) is 6.87. The Bertz CT molecular complexity index is 279. The zero-order valence-electron chi connectivity index (χ0n) is 11.8. The van der Waals surface area contributed by atoms with Crippen molar-refractivity contribution in [2.75, 3.05) is 13.1 Å². The molecule has 1 saturated heterocycles. The van der Waals surface area contributed by atoms with Crippen molar-refractivity contribution in [3.8, 4) is 0 Å². The Morgan fingerprint density at radius 3 is 2.58 bits per heavy atom. The molecule has 3 N–H and O–H groups in total. The van der Waals surface area contributed by atoms with Crippen molar-refractivity contribution in [2.45, 2.75) is 58.0 Å². The van der Waals surface area contributed by atoms with Crippen molar-refractivity contribution in [3.63, 3.8) is 0 Å². The Morgan fingerprint density at radius 2 is 2.00 bits per heavy atom. The Morgan fingerprint density at radius 1 is 1.26 bits per heavy atom. The molecule has 1 heterocycles. The van der Waals surface area contributed by atoms with Crippen LogP contribution in [-0.2, 0) is 9.59 Å². The molecule has 1 aliphatic heterocycles. The summed E-state index contributed by atoms with van der Waals surface area (Å²) in [5, 5.41) is 8.94. The van der Waals surface area contributed by atoms with Crippen LogP contribution in [0.4, 0.5) is 0 Å². The second-order valence-electron chi connectivity index (χ2n) is 5.15. The largest absolute Gasteiger partial charge is 0.356 e. The van der Waals surface area contributed by atoms with Crippen LogP contribution in [0.5, 0.6) is 0 Å². The fraction of sp³-hybridized carbons (Fsp3) is 0.846. The molecule has 0 saturated carbocycles. The minimum Gasteiger partial charge on any atom is -0.356 e. The standard InChI is InChI=1S/C13H25N3O2.ClH/c1-10(2)16-13(18)7-9-15-12(17)6-5-11-4-3-8-14-11;/h10-11,14H,3-9H2,1-2H3,(H,15,17)(H,16,18);1H. The van der Waals surface area contributed by atoms with E-state index in [9.17, 15) is 9.59 Å². The maximum Gasteiger partial charge on any atom is 0.221 e. The number of hydrogen-bond acceptors (Lipinski definition) is 3. The molecule has 2 amide bonds. The quantitative estimate of drug-likeness (QED) is 0.655. The van der Waals surface area contributed by atoms with E-state index in [1.165, 1.54) is 12.8 Å². The lowest BCUT2D eigenvalue weighted by molar-refractivity contribution is -0.122. The third kappa shape index (κ3) is 8.83. The van der Waals surface area contributed by atoms with Crippen LogP contribution in [-0.4, -0.2) is 37.0 Å². The summed E-state index contributed by atoms with van der Waals surface area (Å²) in [7, 11) is 0. The van der Waals surface area contributed by atoms with Crippen LogP contribution in [0.3, 0.4) is 0 Å². The van der Waals surface area contributed by atoms with E-state index in [-0.39, 0.29) is 30.3 Å². The SMILES string of the molecule is CC(C)NC(=O)CCNC(=O)CCC1CCCN1.Cl. The van der Waals surface area contributed by atoms with Crippen molar-refractivity contribution in [1.82, 2.24) is 16.0 Å². The summed E-state index contributed by atoms with van der Waals surface area (Å²) >= 11 is 0. The molecule has 0 aromatic heterocycles. The summed E-state index contributed by atoms with van der Waals surface area (Å²) in [6.07, 6.45) is 4.17. The molecule has 0 spiro atoms. The second kappa shape index (κ2) is 10.0. The number of halogens is 1. The smallest absolute Gasteiger partial charge is 0.221 e. The molecule has 0 aromatic carbocycles. The van der Waals surface area contributed by atoms with Gasteiger partial charge in [0.05, 0.1) is 0 Å². The molecule has 6 heteroatoms. The minimum atomic E-state index is -0.0113. The lowest BCUT2D eigenvalue weighted by Crippen LogP contribution is -2.34. The molecule has 1 unspecified atom stereocenters. The number of amides is 2. The van der Waals surface area contributed by atoms with Crippen LogP contribution < -0.4 is 16.0 Å². The van der Waals surface area contributed by atoms with Crippen molar-refractivity contribution >= 4 is 24.2 Å². The van der Waals surface area contributed by atoms with Crippen LogP contribution in [0.1, 0.15) is 46.0 Å². The molecule has 19 heavy (non-hydrogen) atoms. The molecule has 0 bridgehead atoms. The van der Waals surface area contributed by atoms with E-state index in [2.05, 4.69) is 16.0 Å². The first-order valence-corrected chi connectivity index (χ1v) is 6.87. The third-order valence-electron chi connectivity index (χ3n) is 3.01. The molecular formula is C13H26ClN3O2. The fourth-order valence-corrected chi connectivity index (χ4v) is 2.11. The van der Waals surface area contributed by atoms with Crippen LogP contribution in [0, 0.1) is 0 Å². The third-order valence-corrected chi connectivity index (χ3v) is 3.01. The number of rotatable bonds is 7. The van der Waals surface area contributed by atoms with Gasteiger partial charge in [-0.05, 0) is 39.7 Å². The zero-order valence-corrected chi connectivity index (χ0v) is 12.6. The highest BCUT2D eigenvalue weighted by molar-refractivity contribution is 5.85. The van der Waals surface area contributed by atoms with Crippen molar-refractivity contribution in [2.24, 2.45) is 0 Å². The van der Waals surface area contributed by atoms with Gasteiger partial charge in [0.2, 0.25) is 11.8 Å². The van der Waals surface area contributed by atoms with Gasteiger partial charge in [0.25, 0.3) is 0 Å². The number of nitrogens with one attached hydrogen (secondary N) is 3. The van der Waals surface area contributed by atoms with Gasteiger partial charge < -0.3 is 16.0 Å². The van der Waals surface area contributed by atoms with Crippen molar-refractivity contribution in [1.29, 1.82) is 0 Å². The Labute approximate surface area is 121 Å². The summed E-state index contributed by atoms with van der Waals surface area (Å²) in [6.45, 7) is 5.34. The Kier molecular flexibility index (Phi) is 9.61. The number of hydrogen-bond donors (Lipinski definition) is 3. The van der Waals surface area contributed by atoms with Gasteiger partial charge in [-0.1, -0.05) is 0 Å². The van der Waals surface area contributed by atoms with E-state index in [0.717, 1.165) is 13.0 Å². The molecular weight excluding hydrogens is 266 g/mol. The molecule has 1 aliphatic rings. The first-order chi connectivity index (χ1) is 8.58. The van der Waals surface area contributed by atoms with Crippen LogP contribution in [0.2, 0.25) is 0 Å². The Hall–Kier alpha value is -0.810. The Balaban J connectivity index is 0.00000324. The van der Waals surface area contributed by atoms with Gasteiger partial charge in [-0.15, -0.1) is 12.4 Å². The highest BCUT2D eigenvalue weighted by Crippen LogP contribution is 2.10. The monoisotopic (exact) mass is 291 g/mol. The van der Waals surface area contributed by atoms with E-state index >= 15 is 0 Å². The predicted octanol–water partition coefficient (Wildman–Crippen LogP) is 0.971. The number of carbonyl (C=O) groups excluding carboxylic acids is 2.